The SMILES string of the molecule is CSc1ccc(C(Cc2cc[c]cc2)(Cc2ccc(C(F)(F)P(=O)(O)O)cc2)C(=O)c2cccc(F)c2)cc1. The molecule has 1 radical (unpaired) electrons. The van der Waals surface area contributed by atoms with Gasteiger partial charge < -0.3 is 9.79 Å². The summed E-state index contributed by atoms with van der Waals surface area (Å²) in [6.45, 7) is 0. The van der Waals surface area contributed by atoms with Crippen molar-refractivity contribution < 1.29 is 32.3 Å². The third-order valence-corrected chi connectivity index (χ3v) is 8.36. The molecule has 0 aliphatic heterocycles. The van der Waals surface area contributed by atoms with Crippen molar-refractivity contribution in [3.8, 4) is 0 Å². The molecule has 4 aromatic carbocycles. The summed E-state index contributed by atoms with van der Waals surface area (Å²) in [7, 11) is -5.74. The fourth-order valence-electron chi connectivity index (χ4n) is 4.60. The molecule has 2 N–H and O–H groups in total. The Morgan fingerprint density at radius 3 is 1.97 bits per heavy atom. The number of halogens is 3. The fraction of sp³-hybridized carbons (Fsp3) is 0.167. The monoisotopic (exact) mass is 569 g/mol. The Morgan fingerprint density at radius 2 is 1.44 bits per heavy atom. The third-order valence-electron chi connectivity index (χ3n) is 6.63. The summed E-state index contributed by atoms with van der Waals surface area (Å²) in [5, 5.41) is 0. The second-order valence-electron chi connectivity index (χ2n) is 9.19. The molecule has 1 atom stereocenters. The zero-order chi connectivity index (χ0) is 28.3. The lowest BCUT2D eigenvalue weighted by Crippen LogP contribution is -2.41. The number of carbonyl (C=O) groups excluding carboxylic acids is 1. The van der Waals surface area contributed by atoms with Crippen LogP contribution in [0.25, 0.3) is 0 Å². The second-order valence-corrected chi connectivity index (χ2v) is 11.7. The maximum Gasteiger partial charge on any atom is 0.399 e. The minimum Gasteiger partial charge on any atom is -0.320 e. The van der Waals surface area contributed by atoms with E-state index < -0.39 is 30.1 Å². The van der Waals surface area contributed by atoms with Gasteiger partial charge in [0.1, 0.15) is 5.82 Å². The zero-order valence-electron chi connectivity index (χ0n) is 20.9. The number of thioether (sulfide) groups is 1. The Bertz CT molecular complexity index is 1490. The fourth-order valence-corrected chi connectivity index (χ4v) is 5.50. The van der Waals surface area contributed by atoms with Crippen LogP contribution in [0.5, 0.6) is 0 Å². The van der Waals surface area contributed by atoms with Crippen molar-refractivity contribution in [3.05, 3.63) is 137 Å². The van der Waals surface area contributed by atoms with Gasteiger partial charge in [0.05, 0.1) is 5.41 Å². The van der Waals surface area contributed by atoms with Crippen molar-refractivity contribution in [1.82, 2.24) is 0 Å². The van der Waals surface area contributed by atoms with E-state index in [1.807, 2.05) is 42.7 Å². The molecule has 4 nitrogen and oxygen atoms in total. The highest BCUT2D eigenvalue weighted by atomic mass is 32.2. The average molecular weight is 570 g/mol. The van der Waals surface area contributed by atoms with Crippen LogP contribution in [0.3, 0.4) is 0 Å². The molecule has 0 saturated heterocycles. The zero-order valence-corrected chi connectivity index (χ0v) is 22.6. The van der Waals surface area contributed by atoms with Gasteiger partial charge in [-0.3, -0.25) is 9.36 Å². The number of Topliss-reactive ketones (excluding diaryl/α,β-unsaturated/α-hetero) is 1. The lowest BCUT2D eigenvalue weighted by atomic mass is 9.67. The third kappa shape index (κ3) is 6.20. The van der Waals surface area contributed by atoms with Crippen molar-refractivity contribution in [1.29, 1.82) is 0 Å². The summed E-state index contributed by atoms with van der Waals surface area (Å²) in [5.74, 6) is -0.915. The molecule has 4 rings (SSSR count). The van der Waals surface area contributed by atoms with Crippen LogP contribution in [-0.4, -0.2) is 21.8 Å². The molecule has 0 bridgehead atoms. The highest BCUT2D eigenvalue weighted by molar-refractivity contribution is 7.98. The lowest BCUT2D eigenvalue weighted by Gasteiger charge is -2.34. The first-order chi connectivity index (χ1) is 18.5. The quantitative estimate of drug-likeness (QED) is 0.120. The number of hydrogen-bond donors (Lipinski definition) is 2. The summed E-state index contributed by atoms with van der Waals surface area (Å²) in [6.07, 6.45) is 2.20. The number of rotatable bonds is 10. The highest BCUT2D eigenvalue weighted by Gasteiger charge is 2.50. The normalized spacial score (nSPS) is 13.6. The van der Waals surface area contributed by atoms with Crippen LogP contribution < -0.4 is 0 Å². The van der Waals surface area contributed by atoms with Crippen molar-refractivity contribution >= 4 is 25.1 Å². The van der Waals surface area contributed by atoms with Gasteiger partial charge in [-0.25, -0.2) is 4.39 Å². The Kier molecular flexibility index (Phi) is 8.52. The van der Waals surface area contributed by atoms with Crippen LogP contribution in [0.4, 0.5) is 13.2 Å². The molecule has 0 aliphatic carbocycles. The van der Waals surface area contributed by atoms with Crippen molar-refractivity contribution in [3.63, 3.8) is 0 Å². The number of carbonyl (C=O) groups is 1. The Labute approximate surface area is 229 Å². The number of benzene rings is 4. The van der Waals surface area contributed by atoms with E-state index in [1.54, 1.807) is 18.2 Å². The molecular weight excluding hydrogens is 544 g/mol. The summed E-state index contributed by atoms with van der Waals surface area (Å²) < 4.78 is 54.1. The minimum atomic E-state index is -5.74. The number of ketones is 1. The first-order valence-electron chi connectivity index (χ1n) is 11.9. The van der Waals surface area contributed by atoms with Crippen molar-refractivity contribution in [2.45, 2.75) is 28.8 Å². The van der Waals surface area contributed by atoms with Gasteiger partial charge in [0, 0.05) is 16.0 Å². The van der Waals surface area contributed by atoms with Crippen LogP contribution in [0.1, 0.15) is 32.6 Å². The van der Waals surface area contributed by atoms with Gasteiger partial charge in [0.15, 0.2) is 5.78 Å². The molecule has 0 aliphatic rings. The minimum absolute atomic E-state index is 0.0569. The number of hydrogen-bond acceptors (Lipinski definition) is 3. The van der Waals surface area contributed by atoms with E-state index in [-0.39, 0.29) is 24.2 Å². The molecule has 0 fully saturated rings. The molecule has 39 heavy (non-hydrogen) atoms. The molecule has 0 heterocycles. The van der Waals surface area contributed by atoms with Crippen molar-refractivity contribution in [2.24, 2.45) is 0 Å². The average Bonchev–Trinajstić information content (AvgIpc) is 2.92. The summed E-state index contributed by atoms with van der Waals surface area (Å²) in [4.78, 5) is 33.5. The maximum atomic E-state index is 14.3. The van der Waals surface area contributed by atoms with Gasteiger partial charge in [-0.05, 0) is 66.1 Å². The molecule has 1 unspecified atom stereocenters. The second kappa shape index (κ2) is 11.5. The Hall–Kier alpha value is -3.16. The predicted molar refractivity (Wildman–Crippen MR) is 146 cm³/mol. The smallest absolute Gasteiger partial charge is 0.320 e. The van der Waals surface area contributed by atoms with E-state index >= 15 is 0 Å². The highest BCUT2D eigenvalue weighted by Crippen LogP contribution is 2.59. The molecule has 201 valence electrons. The molecule has 0 amide bonds. The standard InChI is InChI=1S/C30H25F3O4PS/c1-39-27-16-14-24(15-17-27)29(19-21-6-3-2-4-7-21,28(34)23-8-5-9-26(31)18-23)20-22-10-12-25(13-11-22)30(32,33)38(35,36)37/h3-18H,19-20H2,1H3,(H2,35,36,37). The summed E-state index contributed by atoms with van der Waals surface area (Å²) in [6, 6.07) is 27.5. The maximum absolute atomic E-state index is 14.3. The topological polar surface area (TPSA) is 74.6 Å². The van der Waals surface area contributed by atoms with Crippen LogP contribution in [-0.2, 0) is 28.5 Å². The van der Waals surface area contributed by atoms with Gasteiger partial charge >= 0.3 is 13.3 Å². The van der Waals surface area contributed by atoms with Crippen LogP contribution in [0, 0.1) is 11.9 Å². The van der Waals surface area contributed by atoms with E-state index in [1.165, 1.54) is 42.1 Å². The van der Waals surface area contributed by atoms with Gasteiger partial charge in [-0.2, -0.15) is 8.78 Å². The molecule has 4 aromatic rings. The van der Waals surface area contributed by atoms with E-state index in [4.69, 9.17) is 9.79 Å². The molecule has 0 spiro atoms. The van der Waals surface area contributed by atoms with Gasteiger partial charge in [-0.1, -0.05) is 72.8 Å². The molecular formula is C30H25F3O4PS. The first kappa shape index (κ1) is 28.8. The van der Waals surface area contributed by atoms with Crippen LogP contribution in [0.2, 0.25) is 0 Å². The van der Waals surface area contributed by atoms with E-state index in [2.05, 4.69) is 6.07 Å². The van der Waals surface area contributed by atoms with Crippen LogP contribution in [0.15, 0.2) is 102 Å². The Balaban J connectivity index is 1.88. The van der Waals surface area contributed by atoms with E-state index in [9.17, 15) is 22.5 Å². The predicted octanol–water partition coefficient (Wildman–Crippen LogP) is 7.18. The summed E-state index contributed by atoms with van der Waals surface area (Å²) >= 11 is 1.54. The molecule has 9 heteroatoms. The molecule has 0 saturated carbocycles. The number of alkyl halides is 2. The summed E-state index contributed by atoms with van der Waals surface area (Å²) in [5.41, 5.74) is -4.32. The lowest BCUT2D eigenvalue weighted by molar-refractivity contribution is 0.0564. The van der Waals surface area contributed by atoms with Gasteiger partial charge in [-0.15, -0.1) is 11.8 Å². The Morgan fingerprint density at radius 1 is 0.872 bits per heavy atom. The first-order valence-corrected chi connectivity index (χ1v) is 14.7. The van der Waals surface area contributed by atoms with Crippen LogP contribution >= 0.6 is 19.4 Å². The largest absolute Gasteiger partial charge is 0.399 e. The van der Waals surface area contributed by atoms with E-state index in [0.717, 1.165) is 22.6 Å². The van der Waals surface area contributed by atoms with E-state index in [0.29, 0.717) is 11.1 Å². The van der Waals surface area contributed by atoms with Crippen molar-refractivity contribution in [2.75, 3.05) is 6.26 Å². The van der Waals surface area contributed by atoms with Gasteiger partial charge in [0.25, 0.3) is 0 Å². The van der Waals surface area contributed by atoms with Gasteiger partial charge in [0.2, 0.25) is 0 Å². The molecule has 0 aromatic heterocycles.